The summed E-state index contributed by atoms with van der Waals surface area (Å²) in [6.45, 7) is 7.34. The Balaban J connectivity index is 1.63. The van der Waals surface area contributed by atoms with E-state index in [0.717, 1.165) is 24.2 Å². The van der Waals surface area contributed by atoms with Gasteiger partial charge in [0.2, 0.25) is 5.91 Å². The standard InChI is InChI=1S/C19H26N4O2S/c1-13-4-6-14(7-5-13)17-21-22-18(26)23(17)10-8-16(24)20-15-9-11-25-19(2,3)12-15/h4-7,15H,8-12H2,1-3H3,(H,20,24)(H,22,26)/t15-/m0/s1. The summed E-state index contributed by atoms with van der Waals surface area (Å²) in [5.74, 6) is 0.792. The number of nitrogens with zero attached hydrogens (tertiary/aromatic N) is 2. The number of benzene rings is 1. The smallest absolute Gasteiger partial charge is 0.222 e. The van der Waals surface area contributed by atoms with Crippen LogP contribution < -0.4 is 5.32 Å². The van der Waals surface area contributed by atoms with Crippen molar-refractivity contribution in [3.05, 3.63) is 34.6 Å². The molecule has 1 atom stereocenters. The summed E-state index contributed by atoms with van der Waals surface area (Å²) in [4.78, 5) is 12.4. The van der Waals surface area contributed by atoms with E-state index < -0.39 is 0 Å². The first kappa shape index (κ1) is 18.8. The quantitative estimate of drug-likeness (QED) is 0.787. The first-order valence-corrected chi connectivity index (χ1v) is 9.40. The van der Waals surface area contributed by atoms with Crippen molar-refractivity contribution in [3.63, 3.8) is 0 Å². The van der Waals surface area contributed by atoms with Crippen LogP contribution in [-0.2, 0) is 16.1 Å². The van der Waals surface area contributed by atoms with Gasteiger partial charge in [0.25, 0.3) is 0 Å². The van der Waals surface area contributed by atoms with Gasteiger partial charge in [-0.3, -0.25) is 14.5 Å². The number of aromatic nitrogens is 3. The monoisotopic (exact) mass is 374 g/mol. The summed E-state index contributed by atoms with van der Waals surface area (Å²) in [6.07, 6.45) is 2.05. The molecule has 0 radical (unpaired) electrons. The molecule has 0 aliphatic carbocycles. The van der Waals surface area contributed by atoms with Gasteiger partial charge in [0, 0.05) is 31.2 Å². The van der Waals surface area contributed by atoms with Gasteiger partial charge in [-0.25, -0.2) is 0 Å². The van der Waals surface area contributed by atoms with Gasteiger partial charge in [0.1, 0.15) is 0 Å². The van der Waals surface area contributed by atoms with Crippen LogP contribution in [0.3, 0.4) is 0 Å². The summed E-state index contributed by atoms with van der Waals surface area (Å²) < 4.78 is 8.11. The molecule has 2 N–H and O–H groups in total. The van der Waals surface area contributed by atoms with Crippen LogP contribution in [0.4, 0.5) is 0 Å². The summed E-state index contributed by atoms with van der Waals surface area (Å²) in [5.41, 5.74) is 1.99. The van der Waals surface area contributed by atoms with E-state index >= 15 is 0 Å². The Kier molecular flexibility index (Phi) is 5.58. The molecule has 0 unspecified atom stereocenters. The third-order valence-corrected chi connectivity index (χ3v) is 5.00. The highest BCUT2D eigenvalue weighted by Gasteiger charge is 2.29. The normalized spacial score (nSPS) is 19.3. The van der Waals surface area contributed by atoms with E-state index in [9.17, 15) is 4.79 Å². The molecule has 0 spiro atoms. The van der Waals surface area contributed by atoms with Crippen molar-refractivity contribution in [3.8, 4) is 11.4 Å². The Morgan fingerprint density at radius 1 is 1.42 bits per heavy atom. The average molecular weight is 375 g/mol. The molecular formula is C19H26N4O2S. The van der Waals surface area contributed by atoms with Gasteiger partial charge >= 0.3 is 0 Å². The number of nitrogens with one attached hydrogen (secondary N) is 2. The van der Waals surface area contributed by atoms with Gasteiger partial charge < -0.3 is 10.1 Å². The molecule has 1 saturated heterocycles. The topological polar surface area (TPSA) is 71.9 Å². The molecule has 6 nitrogen and oxygen atoms in total. The summed E-state index contributed by atoms with van der Waals surface area (Å²) in [7, 11) is 0. The van der Waals surface area contributed by atoms with Gasteiger partial charge in [-0.05, 0) is 45.8 Å². The molecule has 1 aromatic carbocycles. The van der Waals surface area contributed by atoms with E-state index in [2.05, 4.69) is 29.4 Å². The van der Waals surface area contributed by atoms with Crippen LogP contribution >= 0.6 is 12.2 Å². The van der Waals surface area contributed by atoms with Gasteiger partial charge in [-0.1, -0.05) is 29.8 Å². The Labute approximate surface area is 159 Å². The van der Waals surface area contributed by atoms with Crippen molar-refractivity contribution in [2.24, 2.45) is 0 Å². The van der Waals surface area contributed by atoms with Crippen LogP contribution in [-0.4, -0.2) is 38.9 Å². The van der Waals surface area contributed by atoms with Crippen LogP contribution in [0, 0.1) is 11.7 Å². The van der Waals surface area contributed by atoms with Crippen LogP contribution in [0.5, 0.6) is 0 Å². The van der Waals surface area contributed by atoms with Gasteiger partial charge in [0.05, 0.1) is 5.60 Å². The molecule has 26 heavy (non-hydrogen) atoms. The number of aromatic amines is 1. The Bertz CT molecular complexity index is 823. The third kappa shape index (κ3) is 4.59. The molecular weight excluding hydrogens is 348 g/mol. The maximum absolute atomic E-state index is 12.4. The van der Waals surface area contributed by atoms with E-state index in [1.807, 2.05) is 35.8 Å². The molecule has 1 fully saturated rings. The van der Waals surface area contributed by atoms with E-state index in [0.29, 0.717) is 24.3 Å². The zero-order valence-corrected chi connectivity index (χ0v) is 16.4. The lowest BCUT2D eigenvalue weighted by Crippen LogP contribution is -2.45. The minimum atomic E-state index is -0.179. The first-order valence-electron chi connectivity index (χ1n) is 9.00. The third-order valence-electron chi connectivity index (χ3n) is 4.69. The number of rotatable bonds is 5. The van der Waals surface area contributed by atoms with E-state index in [4.69, 9.17) is 17.0 Å². The molecule has 140 valence electrons. The van der Waals surface area contributed by atoms with Crippen LogP contribution in [0.25, 0.3) is 11.4 Å². The number of carbonyl (C=O) groups is 1. The van der Waals surface area contributed by atoms with Crippen LogP contribution in [0.2, 0.25) is 0 Å². The lowest BCUT2D eigenvalue weighted by molar-refractivity contribution is -0.124. The second-order valence-corrected chi connectivity index (χ2v) is 7.87. The zero-order valence-electron chi connectivity index (χ0n) is 15.5. The Morgan fingerprint density at radius 2 is 2.15 bits per heavy atom. The fraction of sp³-hybridized carbons (Fsp3) is 0.526. The van der Waals surface area contributed by atoms with Crippen molar-refractivity contribution < 1.29 is 9.53 Å². The van der Waals surface area contributed by atoms with Crippen LogP contribution in [0.1, 0.15) is 38.7 Å². The molecule has 3 rings (SSSR count). The molecule has 1 aromatic heterocycles. The Hall–Kier alpha value is -1.99. The van der Waals surface area contributed by atoms with Crippen molar-refractivity contribution in [2.45, 2.75) is 58.2 Å². The molecule has 0 bridgehead atoms. The maximum atomic E-state index is 12.4. The Morgan fingerprint density at radius 3 is 2.85 bits per heavy atom. The second-order valence-electron chi connectivity index (χ2n) is 7.49. The number of hydrogen-bond acceptors (Lipinski definition) is 4. The second kappa shape index (κ2) is 7.72. The first-order chi connectivity index (χ1) is 12.3. The van der Waals surface area contributed by atoms with E-state index in [-0.39, 0.29) is 17.6 Å². The molecule has 1 aliphatic heterocycles. The molecule has 2 aromatic rings. The van der Waals surface area contributed by atoms with Crippen molar-refractivity contribution in [1.29, 1.82) is 0 Å². The maximum Gasteiger partial charge on any atom is 0.222 e. The highest BCUT2D eigenvalue weighted by Crippen LogP contribution is 2.24. The molecule has 1 amide bonds. The number of carbonyl (C=O) groups excluding carboxylic acids is 1. The van der Waals surface area contributed by atoms with Crippen LogP contribution in [0.15, 0.2) is 24.3 Å². The predicted molar refractivity (Wildman–Crippen MR) is 103 cm³/mol. The fourth-order valence-electron chi connectivity index (χ4n) is 3.32. The molecule has 1 aliphatic rings. The van der Waals surface area contributed by atoms with Crippen molar-refractivity contribution in [2.75, 3.05) is 6.61 Å². The van der Waals surface area contributed by atoms with Crippen molar-refractivity contribution in [1.82, 2.24) is 20.1 Å². The summed E-state index contributed by atoms with van der Waals surface area (Å²) in [6, 6.07) is 8.27. The lowest BCUT2D eigenvalue weighted by atomic mass is 9.94. The summed E-state index contributed by atoms with van der Waals surface area (Å²) in [5, 5.41) is 10.3. The molecule has 2 heterocycles. The highest BCUT2D eigenvalue weighted by molar-refractivity contribution is 7.71. The SMILES string of the molecule is Cc1ccc(-c2n[nH]c(=S)n2CCC(=O)N[C@H]2CCOC(C)(C)C2)cc1. The molecule has 0 saturated carbocycles. The van der Waals surface area contributed by atoms with Crippen molar-refractivity contribution >= 4 is 18.1 Å². The zero-order chi connectivity index (χ0) is 18.7. The average Bonchev–Trinajstić information content (AvgIpc) is 2.93. The van der Waals surface area contributed by atoms with E-state index in [1.165, 1.54) is 5.56 Å². The highest BCUT2D eigenvalue weighted by atomic mass is 32.1. The number of amides is 1. The van der Waals surface area contributed by atoms with Gasteiger partial charge in [0.15, 0.2) is 10.6 Å². The fourth-order valence-corrected chi connectivity index (χ4v) is 3.54. The minimum absolute atomic E-state index is 0.0330. The molecule has 7 heteroatoms. The number of H-pyrrole nitrogens is 1. The number of hydrogen-bond donors (Lipinski definition) is 2. The summed E-state index contributed by atoms with van der Waals surface area (Å²) >= 11 is 5.34. The minimum Gasteiger partial charge on any atom is -0.375 e. The van der Waals surface area contributed by atoms with Gasteiger partial charge in [-0.15, -0.1) is 0 Å². The number of ether oxygens (including phenoxy) is 1. The number of aryl methyl sites for hydroxylation is 1. The largest absolute Gasteiger partial charge is 0.375 e. The lowest BCUT2D eigenvalue weighted by Gasteiger charge is -2.35. The van der Waals surface area contributed by atoms with E-state index in [1.54, 1.807) is 0 Å². The van der Waals surface area contributed by atoms with Gasteiger partial charge in [-0.2, -0.15) is 5.10 Å². The predicted octanol–water partition coefficient (Wildman–Crippen LogP) is 3.38.